The minimum Gasteiger partial charge on any atom is -0.289 e. The second kappa shape index (κ2) is 10.9. The van der Waals surface area contributed by atoms with Crippen molar-refractivity contribution in [2.24, 2.45) is 0 Å². The molecule has 4 heteroatoms. The third-order valence-corrected chi connectivity index (χ3v) is 8.63. The lowest BCUT2D eigenvalue weighted by molar-refractivity contribution is 0.103. The monoisotopic (exact) mass is 577 g/mol. The molecule has 0 N–H and O–H groups in total. The summed E-state index contributed by atoms with van der Waals surface area (Å²) in [5.74, 6) is 1.90. The molecule has 7 aromatic rings. The molecule has 1 heterocycles. The van der Waals surface area contributed by atoms with Crippen LogP contribution in [-0.4, -0.2) is 20.7 Å². The summed E-state index contributed by atoms with van der Waals surface area (Å²) in [5.41, 5.74) is 7.61. The fourth-order valence-corrected chi connectivity index (χ4v) is 6.59. The number of rotatable bonds is 5. The molecule has 0 unspecified atom stereocenters. The maximum absolute atomic E-state index is 13.8. The number of aromatic nitrogens is 3. The predicted octanol–water partition coefficient (Wildman–Crippen LogP) is 8.80. The van der Waals surface area contributed by atoms with Gasteiger partial charge in [0, 0.05) is 27.8 Å². The quantitative estimate of drug-likeness (QED) is 0.205. The third-order valence-electron chi connectivity index (χ3n) is 8.63. The Kier molecular flexibility index (Phi) is 6.46. The molecule has 0 bridgehead atoms. The van der Waals surface area contributed by atoms with Gasteiger partial charge in [0.15, 0.2) is 23.3 Å². The molecule has 0 radical (unpaired) electrons. The standard InChI is InChI=1S/C41H27N3O/c45-37-33-20-10-12-22-35(33)41(31-18-8-3-9-19-31,36-23-13-11-21-34(36)37)32-26-24-30(25-27-32)40-43-38(28-14-4-1-5-15-28)42-39(44-40)29-16-6-2-7-17-29/h1-27H. The Morgan fingerprint density at radius 1 is 0.356 bits per heavy atom. The molecule has 1 aliphatic rings. The van der Waals surface area contributed by atoms with Gasteiger partial charge >= 0.3 is 0 Å². The van der Waals surface area contributed by atoms with Crippen LogP contribution in [0.1, 0.15) is 38.2 Å². The number of hydrogen-bond donors (Lipinski definition) is 0. The van der Waals surface area contributed by atoms with Crippen molar-refractivity contribution in [3.05, 3.63) is 197 Å². The fraction of sp³-hybridized carbons (Fsp3) is 0.0244. The number of benzene rings is 6. The molecule has 0 aliphatic heterocycles. The molecular weight excluding hydrogens is 550 g/mol. The predicted molar refractivity (Wildman–Crippen MR) is 178 cm³/mol. The van der Waals surface area contributed by atoms with E-state index in [1.807, 2.05) is 103 Å². The minimum absolute atomic E-state index is 0.0523. The summed E-state index contributed by atoms with van der Waals surface area (Å²) in [4.78, 5) is 28.5. The third kappa shape index (κ3) is 4.38. The van der Waals surface area contributed by atoms with Crippen LogP contribution in [0.4, 0.5) is 0 Å². The Morgan fingerprint density at radius 3 is 1.18 bits per heavy atom. The van der Waals surface area contributed by atoms with E-state index in [1.165, 1.54) is 0 Å². The second-order valence-corrected chi connectivity index (χ2v) is 11.2. The van der Waals surface area contributed by atoms with Gasteiger partial charge in [-0.2, -0.15) is 0 Å². The normalized spacial score (nSPS) is 13.1. The van der Waals surface area contributed by atoms with Gasteiger partial charge in [0.05, 0.1) is 5.41 Å². The fourth-order valence-electron chi connectivity index (χ4n) is 6.59. The number of ketones is 1. The number of fused-ring (bicyclic) bond motifs is 2. The van der Waals surface area contributed by atoms with Gasteiger partial charge in [0.25, 0.3) is 0 Å². The maximum Gasteiger partial charge on any atom is 0.193 e. The SMILES string of the molecule is O=C1c2ccccc2C(c2ccccc2)(c2ccc(-c3nc(-c4ccccc4)nc(-c4ccccc4)n3)cc2)c2ccccc21. The highest BCUT2D eigenvalue weighted by Gasteiger charge is 2.46. The van der Waals surface area contributed by atoms with Crippen LogP contribution < -0.4 is 0 Å². The highest BCUT2D eigenvalue weighted by Crippen LogP contribution is 2.50. The average Bonchev–Trinajstić information content (AvgIpc) is 3.13. The van der Waals surface area contributed by atoms with Gasteiger partial charge < -0.3 is 0 Å². The minimum atomic E-state index is -0.690. The van der Waals surface area contributed by atoms with E-state index in [1.54, 1.807) is 0 Å². The number of nitrogens with zero attached hydrogens (tertiary/aromatic N) is 3. The lowest BCUT2D eigenvalue weighted by atomic mass is 9.59. The number of carbonyl (C=O) groups excluding carboxylic acids is 1. The highest BCUT2D eigenvalue weighted by molar-refractivity contribution is 6.14. The highest BCUT2D eigenvalue weighted by atomic mass is 16.1. The van der Waals surface area contributed by atoms with Crippen LogP contribution in [0.15, 0.2) is 164 Å². The molecule has 4 nitrogen and oxygen atoms in total. The largest absolute Gasteiger partial charge is 0.289 e. The Morgan fingerprint density at radius 2 is 0.711 bits per heavy atom. The summed E-state index contributed by atoms with van der Waals surface area (Å²) in [6.45, 7) is 0. The first-order chi connectivity index (χ1) is 22.2. The van der Waals surface area contributed by atoms with E-state index in [0.717, 1.165) is 50.1 Å². The molecule has 1 aliphatic carbocycles. The zero-order valence-corrected chi connectivity index (χ0v) is 24.3. The van der Waals surface area contributed by atoms with E-state index in [0.29, 0.717) is 17.5 Å². The second-order valence-electron chi connectivity index (χ2n) is 11.2. The molecular formula is C41H27N3O. The van der Waals surface area contributed by atoms with Gasteiger partial charge in [-0.25, -0.2) is 15.0 Å². The number of hydrogen-bond acceptors (Lipinski definition) is 4. The molecule has 212 valence electrons. The van der Waals surface area contributed by atoms with Crippen LogP contribution in [0.2, 0.25) is 0 Å². The Balaban J connectivity index is 1.34. The van der Waals surface area contributed by atoms with E-state index >= 15 is 0 Å². The zero-order chi connectivity index (χ0) is 30.2. The molecule has 0 atom stereocenters. The Labute approximate surface area is 261 Å². The van der Waals surface area contributed by atoms with Crippen molar-refractivity contribution in [1.82, 2.24) is 15.0 Å². The van der Waals surface area contributed by atoms with Crippen LogP contribution >= 0.6 is 0 Å². The van der Waals surface area contributed by atoms with Crippen LogP contribution in [0.5, 0.6) is 0 Å². The number of carbonyl (C=O) groups is 1. The van der Waals surface area contributed by atoms with Crippen molar-refractivity contribution >= 4 is 5.78 Å². The van der Waals surface area contributed by atoms with Crippen molar-refractivity contribution in [1.29, 1.82) is 0 Å². The van der Waals surface area contributed by atoms with Gasteiger partial charge in [-0.3, -0.25) is 4.79 Å². The summed E-state index contributed by atoms with van der Waals surface area (Å²) in [5, 5.41) is 0. The Hall–Kier alpha value is -6.00. The topological polar surface area (TPSA) is 55.7 Å². The molecule has 0 amide bonds. The first-order valence-corrected chi connectivity index (χ1v) is 15.0. The Bertz CT molecular complexity index is 2050. The van der Waals surface area contributed by atoms with E-state index in [4.69, 9.17) is 15.0 Å². The van der Waals surface area contributed by atoms with E-state index < -0.39 is 5.41 Å². The molecule has 45 heavy (non-hydrogen) atoms. The van der Waals surface area contributed by atoms with Gasteiger partial charge in [0.2, 0.25) is 0 Å². The average molecular weight is 578 g/mol. The first-order valence-electron chi connectivity index (χ1n) is 15.0. The summed E-state index contributed by atoms with van der Waals surface area (Å²) in [7, 11) is 0. The van der Waals surface area contributed by atoms with Gasteiger partial charge in [-0.15, -0.1) is 0 Å². The van der Waals surface area contributed by atoms with Crippen LogP contribution in [0, 0.1) is 0 Å². The van der Waals surface area contributed by atoms with Crippen molar-refractivity contribution in [3.8, 4) is 34.2 Å². The van der Waals surface area contributed by atoms with Crippen LogP contribution in [0.25, 0.3) is 34.2 Å². The van der Waals surface area contributed by atoms with Crippen molar-refractivity contribution in [2.75, 3.05) is 0 Å². The van der Waals surface area contributed by atoms with Gasteiger partial charge in [-0.05, 0) is 22.3 Å². The zero-order valence-electron chi connectivity index (χ0n) is 24.3. The van der Waals surface area contributed by atoms with Gasteiger partial charge in [-0.1, -0.05) is 164 Å². The molecule has 0 spiro atoms. The molecule has 8 rings (SSSR count). The molecule has 0 fully saturated rings. The summed E-state index contributed by atoms with van der Waals surface area (Å²) in [6, 6.07) is 54.9. The summed E-state index contributed by atoms with van der Waals surface area (Å²) in [6.07, 6.45) is 0. The van der Waals surface area contributed by atoms with Crippen molar-refractivity contribution in [3.63, 3.8) is 0 Å². The van der Waals surface area contributed by atoms with E-state index in [2.05, 4.69) is 60.7 Å². The molecule has 1 aromatic heterocycles. The first kappa shape index (κ1) is 26.6. The van der Waals surface area contributed by atoms with E-state index in [-0.39, 0.29) is 5.78 Å². The van der Waals surface area contributed by atoms with Crippen LogP contribution in [0.3, 0.4) is 0 Å². The lowest BCUT2D eigenvalue weighted by Crippen LogP contribution is -2.38. The molecule has 0 saturated heterocycles. The van der Waals surface area contributed by atoms with Gasteiger partial charge in [0.1, 0.15) is 0 Å². The molecule has 0 saturated carbocycles. The smallest absolute Gasteiger partial charge is 0.193 e. The molecule has 6 aromatic carbocycles. The van der Waals surface area contributed by atoms with E-state index in [9.17, 15) is 4.79 Å². The van der Waals surface area contributed by atoms with Crippen molar-refractivity contribution < 1.29 is 4.79 Å². The summed E-state index contributed by atoms with van der Waals surface area (Å²) >= 11 is 0. The lowest BCUT2D eigenvalue weighted by Gasteiger charge is -2.41. The van der Waals surface area contributed by atoms with Crippen LogP contribution in [-0.2, 0) is 5.41 Å². The maximum atomic E-state index is 13.8. The summed E-state index contributed by atoms with van der Waals surface area (Å²) < 4.78 is 0. The van der Waals surface area contributed by atoms with Crippen molar-refractivity contribution in [2.45, 2.75) is 5.41 Å².